The van der Waals surface area contributed by atoms with Gasteiger partial charge in [0.05, 0.1) is 26.7 Å². The van der Waals surface area contributed by atoms with Gasteiger partial charge in [0.2, 0.25) is 0 Å². The zero-order valence-electron chi connectivity index (χ0n) is 11.6. The number of methoxy groups -OCH3 is 1. The first-order valence-corrected chi connectivity index (χ1v) is 6.34. The van der Waals surface area contributed by atoms with E-state index in [9.17, 15) is 4.79 Å². The van der Waals surface area contributed by atoms with E-state index >= 15 is 0 Å². The van der Waals surface area contributed by atoms with Crippen molar-refractivity contribution in [1.82, 2.24) is 0 Å². The van der Waals surface area contributed by atoms with Crippen LogP contribution in [0.5, 0.6) is 11.5 Å². The first-order valence-electron chi connectivity index (χ1n) is 6.34. The van der Waals surface area contributed by atoms with Gasteiger partial charge in [-0.25, -0.2) is 0 Å². The average molecular weight is 267 g/mol. The smallest absolute Gasteiger partial charge is 0.307 e. The minimum atomic E-state index is -0.413. The number of ether oxygens (including phenoxy) is 3. The Bertz CT molecular complexity index is 420. The Morgan fingerprint density at radius 1 is 1.26 bits per heavy atom. The highest BCUT2D eigenvalue weighted by Crippen LogP contribution is 2.30. The molecule has 0 spiro atoms. The molecule has 0 unspecified atom stereocenters. The molecule has 0 aliphatic heterocycles. The number of hydrogen-bond donors (Lipinski definition) is 1. The molecule has 1 rings (SSSR count). The lowest BCUT2D eigenvalue weighted by Crippen LogP contribution is -2.17. The lowest BCUT2D eigenvalue weighted by Gasteiger charge is -2.15. The Labute approximate surface area is 113 Å². The maximum atomic E-state index is 11.4. The van der Waals surface area contributed by atoms with Crippen LogP contribution in [0, 0.1) is 0 Å². The van der Waals surface area contributed by atoms with Crippen molar-refractivity contribution in [3.05, 3.63) is 23.8 Å². The number of benzene rings is 1. The van der Waals surface area contributed by atoms with Crippen LogP contribution in [-0.2, 0) is 9.53 Å². The van der Waals surface area contributed by atoms with Crippen molar-refractivity contribution < 1.29 is 19.0 Å². The molecule has 0 radical (unpaired) electrons. The van der Waals surface area contributed by atoms with Crippen LogP contribution in [0.4, 0.5) is 0 Å². The summed E-state index contributed by atoms with van der Waals surface area (Å²) in [5.41, 5.74) is 6.79. The Hall–Kier alpha value is -1.75. The molecule has 0 fully saturated rings. The fourth-order valence-electron chi connectivity index (χ4n) is 1.71. The predicted octanol–water partition coefficient (Wildman–Crippen LogP) is 2.05. The van der Waals surface area contributed by atoms with E-state index in [1.54, 1.807) is 26.2 Å². The van der Waals surface area contributed by atoms with Gasteiger partial charge in [0, 0.05) is 6.04 Å². The molecule has 0 heterocycles. The highest BCUT2D eigenvalue weighted by atomic mass is 16.5. The van der Waals surface area contributed by atoms with Crippen molar-refractivity contribution >= 4 is 5.97 Å². The molecule has 0 bridgehead atoms. The Morgan fingerprint density at radius 2 is 2.00 bits per heavy atom. The quantitative estimate of drug-likeness (QED) is 0.765. The Balaban J connectivity index is 2.80. The summed E-state index contributed by atoms with van der Waals surface area (Å²) < 4.78 is 15.5. The third-order valence-electron chi connectivity index (χ3n) is 2.61. The van der Waals surface area contributed by atoms with Crippen molar-refractivity contribution in [1.29, 1.82) is 0 Å². The molecule has 0 aromatic heterocycles. The normalized spacial score (nSPS) is 11.8. The van der Waals surface area contributed by atoms with Gasteiger partial charge >= 0.3 is 5.97 Å². The number of esters is 1. The highest BCUT2D eigenvalue weighted by Gasteiger charge is 2.15. The molecule has 1 aromatic carbocycles. The van der Waals surface area contributed by atoms with Crippen molar-refractivity contribution in [2.75, 3.05) is 20.3 Å². The summed E-state index contributed by atoms with van der Waals surface area (Å²) in [6.07, 6.45) is 0.144. The van der Waals surface area contributed by atoms with E-state index in [4.69, 9.17) is 19.9 Å². The second-order valence-electron chi connectivity index (χ2n) is 3.96. The Kier molecular flexibility index (Phi) is 6.15. The summed E-state index contributed by atoms with van der Waals surface area (Å²) in [7, 11) is 1.57. The lowest BCUT2D eigenvalue weighted by molar-refractivity contribution is -0.143. The topological polar surface area (TPSA) is 70.8 Å². The molecule has 0 aliphatic rings. The molecular weight excluding hydrogens is 246 g/mol. The van der Waals surface area contributed by atoms with Gasteiger partial charge in [0.25, 0.3) is 0 Å². The van der Waals surface area contributed by atoms with Gasteiger partial charge in [-0.2, -0.15) is 0 Å². The molecule has 19 heavy (non-hydrogen) atoms. The van der Waals surface area contributed by atoms with E-state index in [0.717, 1.165) is 5.56 Å². The van der Waals surface area contributed by atoms with E-state index in [1.165, 1.54) is 0 Å². The van der Waals surface area contributed by atoms with Crippen molar-refractivity contribution in [2.24, 2.45) is 5.73 Å². The van der Waals surface area contributed by atoms with Crippen LogP contribution < -0.4 is 15.2 Å². The number of rotatable bonds is 7. The van der Waals surface area contributed by atoms with Gasteiger partial charge in [-0.05, 0) is 31.5 Å². The first-order chi connectivity index (χ1) is 9.12. The maximum Gasteiger partial charge on any atom is 0.307 e. The first kappa shape index (κ1) is 15.3. The molecule has 1 atom stereocenters. The van der Waals surface area contributed by atoms with Crippen molar-refractivity contribution in [3.63, 3.8) is 0 Å². The summed E-state index contributed by atoms with van der Waals surface area (Å²) >= 11 is 0. The van der Waals surface area contributed by atoms with Crippen LogP contribution in [-0.4, -0.2) is 26.3 Å². The van der Waals surface area contributed by atoms with Crippen LogP contribution in [0.2, 0.25) is 0 Å². The highest BCUT2D eigenvalue weighted by molar-refractivity contribution is 5.70. The minimum Gasteiger partial charge on any atom is -0.493 e. The average Bonchev–Trinajstić information content (AvgIpc) is 2.39. The van der Waals surface area contributed by atoms with Gasteiger partial charge in [-0.15, -0.1) is 0 Å². The summed E-state index contributed by atoms with van der Waals surface area (Å²) in [6.45, 7) is 4.59. The largest absolute Gasteiger partial charge is 0.493 e. The molecule has 0 saturated heterocycles. The van der Waals surface area contributed by atoms with Crippen molar-refractivity contribution in [2.45, 2.75) is 26.3 Å². The van der Waals surface area contributed by atoms with Gasteiger partial charge < -0.3 is 19.9 Å². The van der Waals surface area contributed by atoms with E-state index in [-0.39, 0.29) is 12.4 Å². The van der Waals surface area contributed by atoms with Gasteiger partial charge in [0.15, 0.2) is 11.5 Å². The zero-order chi connectivity index (χ0) is 14.3. The van der Waals surface area contributed by atoms with Crippen molar-refractivity contribution in [3.8, 4) is 11.5 Å². The molecule has 106 valence electrons. The third kappa shape index (κ3) is 4.44. The Morgan fingerprint density at radius 3 is 2.58 bits per heavy atom. The fraction of sp³-hybridized carbons (Fsp3) is 0.500. The number of carbonyl (C=O) groups excluding carboxylic acids is 1. The van der Waals surface area contributed by atoms with E-state index in [2.05, 4.69) is 0 Å². The van der Waals surface area contributed by atoms with Gasteiger partial charge in [-0.3, -0.25) is 4.79 Å². The van der Waals surface area contributed by atoms with Crippen LogP contribution in [0.15, 0.2) is 18.2 Å². The lowest BCUT2D eigenvalue weighted by atomic mass is 10.0. The monoisotopic (exact) mass is 267 g/mol. The third-order valence-corrected chi connectivity index (χ3v) is 2.61. The maximum absolute atomic E-state index is 11.4. The summed E-state index contributed by atoms with van der Waals surface area (Å²) in [4.78, 5) is 11.4. The van der Waals surface area contributed by atoms with E-state index < -0.39 is 6.04 Å². The number of carbonyl (C=O) groups is 1. The molecule has 1 aromatic rings. The van der Waals surface area contributed by atoms with Crippen LogP contribution >= 0.6 is 0 Å². The zero-order valence-corrected chi connectivity index (χ0v) is 11.6. The fourth-order valence-corrected chi connectivity index (χ4v) is 1.71. The SMILES string of the molecule is CCOC(=O)C[C@H](N)c1ccc(OCC)c(OC)c1. The van der Waals surface area contributed by atoms with Gasteiger partial charge in [0.1, 0.15) is 0 Å². The second-order valence-corrected chi connectivity index (χ2v) is 3.96. The summed E-state index contributed by atoms with van der Waals surface area (Å²) in [5, 5.41) is 0. The molecule has 0 saturated carbocycles. The standard InChI is InChI=1S/C14H21NO4/c1-4-18-12-7-6-10(8-13(12)17-3)11(15)9-14(16)19-5-2/h6-8,11H,4-5,9,15H2,1-3H3/t11-/m0/s1. The van der Waals surface area contributed by atoms with E-state index in [0.29, 0.717) is 24.7 Å². The van der Waals surface area contributed by atoms with Gasteiger partial charge in [-0.1, -0.05) is 6.07 Å². The number of nitrogens with two attached hydrogens (primary N) is 1. The van der Waals surface area contributed by atoms with Crippen LogP contribution in [0.3, 0.4) is 0 Å². The summed E-state index contributed by atoms with van der Waals surface area (Å²) in [5.74, 6) is 0.971. The second kappa shape index (κ2) is 7.63. The molecule has 5 nitrogen and oxygen atoms in total. The molecule has 0 aliphatic carbocycles. The molecule has 2 N–H and O–H groups in total. The number of hydrogen-bond acceptors (Lipinski definition) is 5. The molecular formula is C14H21NO4. The molecule has 5 heteroatoms. The van der Waals surface area contributed by atoms with Crippen LogP contribution in [0.25, 0.3) is 0 Å². The molecule has 0 amide bonds. The van der Waals surface area contributed by atoms with E-state index in [1.807, 2.05) is 13.0 Å². The minimum absolute atomic E-state index is 0.144. The van der Waals surface area contributed by atoms with Crippen LogP contribution in [0.1, 0.15) is 31.9 Å². The summed E-state index contributed by atoms with van der Waals surface area (Å²) in [6, 6.07) is 5.00. The predicted molar refractivity (Wildman–Crippen MR) is 72.3 cm³/mol.